The molecule has 0 saturated heterocycles. The topological polar surface area (TPSA) is 29.5 Å². The third-order valence-electron chi connectivity index (χ3n) is 3.26. The Hall–Kier alpha value is -0.0800. The van der Waals surface area contributed by atoms with Crippen LogP contribution in [-0.4, -0.2) is 24.9 Å². The lowest BCUT2D eigenvalue weighted by molar-refractivity contribution is 0.0833. The van der Waals surface area contributed by atoms with Crippen molar-refractivity contribution in [2.24, 2.45) is 17.8 Å². The van der Waals surface area contributed by atoms with Gasteiger partial charge in [0.1, 0.15) is 0 Å². The highest BCUT2D eigenvalue weighted by molar-refractivity contribution is 4.59. The molecule has 0 rings (SSSR count). The first-order chi connectivity index (χ1) is 8.06. The molecule has 2 unspecified atom stereocenters. The summed E-state index contributed by atoms with van der Waals surface area (Å²) in [4.78, 5) is 0. The first-order valence-corrected chi connectivity index (χ1v) is 7.24. The summed E-state index contributed by atoms with van der Waals surface area (Å²) in [7, 11) is 0. The second-order valence-electron chi connectivity index (χ2n) is 5.90. The van der Waals surface area contributed by atoms with E-state index in [0.29, 0.717) is 6.61 Å². The van der Waals surface area contributed by atoms with Crippen LogP contribution < -0.4 is 0 Å². The zero-order valence-electron chi connectivity index (χ0n) is 12.2. The van der Waals surface area contributed by atoms with E-state index in [1.54, 1.807) is 0 Å². The van der Waals surface area contributed by atoms with Crippen molar-refractivity contribution < 1.29 is 9.84 Å². The number of aliphatic hydroxyl groups is 1. The van der Waals surface area contributed by atoms with Gasteiger partial charge in [-0.25, -0.2) is 0 Å². The maximum atomic E-state index is 8.58. The quantitative estimate of drug-likeness (QED) is 0.559. The van der Waals surface area contributed by atoms with Gasteiger partial charge in [0.15, 0.2) is 0 Å². The minimum absolute atomic E-state index is 0.140. The Kier molecular flexibility index (Phi) is 11.0. The summed E-state index contributed by atoms with van der Waals surface area (Å²) in [6, 6.07) is 0. The molecule has 0 aliphatic carbocycles. The van der Waals surface area contributed by atoms with Gasteiger partial charge < -0.3 is 9.84 Å². The third kappa shape index (κ3) is 12.2. The monoisotopic (exact) mass is 244 g/mol. The number of ether oxygens (including phenoxy) is 1. The molecule has 17 heavy (non-hydrogen) atoms. The van der Waals surface area contributed by atoms with Crippen LogP contribution in [-0.2, 0) is 4.74 Å². The van der Waals surface area contributed by atoms with Crippen LogP contribution in [0.2, 0.25) is 0 Å². The van der Waals surface area contributed by atoms with Crippen LogP contribution in [0, 0.1) is 17.8 Å². The van der Waals surface area contributed by atoms with E-state index in [0.717, 1.165) is 30.8 Å². The molecule has 0 amide bonds. The van der Waals surface area contributed by atoms with Crippen molar-refractivity contribution in [1.29, 1.82) is 0 Å². The van der Waals surface area contributed by atoms with Gasteiger partial charge in [0.05, 0.1) is 13.2 Å². The first kappa shape index (κ1) is 16.9. The predicted octanol–water partition coefficient (Wildman–Crippen LogP) is 3.87. The predicted molar refractivity (Wildman–Crippen MR) is 74.2 cm³/mol. The van der Waals surface area contributed by atoms with Crippen molar-refractivity contribution in [3.05, 3.63) is 0 Å². The van der Waals surface area contributed by atoms with Crippen LogP contribution in [0.1, 0.15) is 59.8 Å². The number of rotatable bonds is 11. The molecule has 2 nitrogen and oxygen atoms in total. The van der Waals surface area contributed by atoms with E-state index in [9.17, 15) is 0 Å². The molecule has 0 aliphatic heterocycles. The van der Waals surface area contributed by atoms with Gasteiger partial charge in [-0.05, 0) is 30.6 Å². The molecular formula is C15H32O2. The van der Waals surface area contributed by atoms with Gasteiger partial charge in [0, 0.05) is 6.61 Å². The van der Waals surface area contributed by atoms with Gasteiger partial charge in [-0.1, -0.05) is 47.0 Å². The summed E-state index contributed by atoms with van der Waals surface area (Å²) in [5.41, 5.74) is 0. The highest BCUT2D eigenvalue weighted by atomic mass is 16.5. The highest BCUT2D eigenvalue weighted by Gasteiger charge is 2.07. The standard InChI is InChI=1S/C15H32O2/c1-13(2)12-15(4)7-5-6-14(3)8-10-17-11-9-16/h13-16H,5-12H2,1-4H3. The van der Waals surface area contributed by atoms with Crippen molar-refractivity contribution >= 4 is 0 Å². The largest absolute Gasteiger partial charge is 0.394 e. The smallest absolute Gasteiger partial charge is 0.0697 e. The summed E-state index contributed by atoms with van der Waals surface area (Å²) in [6.45, 7) is 10.7. The summed E-state index contributed by atoms with van der Waals surface area (Å²) in [6.07, 6.45) is 6.49. The van der Waals surface area contributed by atoms with Gasteiger partial charge in [-0.15, -0.1) is 0 Å². The SMILES string of the molecule is CC(C)CC(C)CCCC(C)CCOCCO. The molecule has 0 aliphatic rings. The van der Waals surface area contributed by atoms with Crippen LogP contribution in [0.3, 0.4) is 0 Å². The van der Waals surface area contributed by atoms with Crippen molar-refractivity contribution in [1.82, 2.24) is 0 Å². The molecule has 2 heteroatoms. The second-order valence-corrected chi connectivity index (χ2v) is 5.90. The Bertz CT molecular complexity index is 157. The molecule has 0 fully saturated rings. The Morgan fingerprint density at radius 1 is 0.882 bits per heavy atom. The van der Waals surface area contributed by atoms with Crippen molar-refractivity contribution in [3.8, 4) is 0 Å². The summed E-state index contributed by atoms with van der Waals surface area (Å²) < 4.78 is 5.28. The van der Waals surface area contributed by atoms with E-state index < -0.39 is 0 Å². The molecule has 0 saturated carbocycles. The molecule has 0 spiro atoms. The lowest BCUT2D eigenvalue weighted by Crippen LogP contribution is -2.06. The molecule has 0 aromatic rings. The number of hydrogen-bond donors (Lipinski definition) is 1. The molecule has 0 radical (unpaired) electrons. The minimum Gasteiger partial charge on any atom is -0.394 e. The molecule has 104 valence electrons. The molecule has 0 heterocycles. The number of aliphatic hydroxyl groups excluding tert-OH is 1. The maximum absolute atomic E-state index is 8.58. The first-order valence-electron chi connectivity index (χ1n) is 7.24. The van der Waals surface area contributed by atoms with Gasteiger partial charge in [0.25, 0.3) is 0 Å². The molecule has 0 aromatic carbocycles. The summed E-state index contributed by atoms with van der Waals surface area (Å²) in [5, 5.41) is 8.58. The Morgan fingerprint density at radius 2 is 1.53 bits per heavy atom. The van der Waals surface area contributed by atoms with Crippen LogP contribution in [0.5, 0.6) is 0 Å². The Morgan fingerprint density at radius 3 is 2.12 bits per heavy atom. The second kappa shape index (κ2) is 11.0. The normalized spacial score (nSPS) is 15.2. The lowest BCUT2D eigenvalue weighted by atomic mass is 9.91. The fourth-order valence-corrected chi connectivity index (χ4v) is 2.33. The Labute approximate surface area is 108 Å². The molecular weight excluding hydrogens is 212 g/mol. The fourth-order valence-electron chi connectivity index (χ4n) is 2.33. The fraction of sp³-hybridized carbons (Fsp3) is 1.00. The van der Waals surface area contributed by atoms with E-state index in [1.807, 2.05) is 0 Å². The van der Waals surface area contributed by atoms with Gasteiger partial charge >= 0.3 is 0 Å². The lowest BCUT2D eigenvalue weighted by Gasteiger charge is -2.15. The molecule has 0 bridgehead atoms. The minimum atomic E-state index is 0.140. The van der Waals surface area contributed by atoms with Gasteiger partial charge in [-0.3, -0.25) is 0 Å². The third-order valence-corrected chi connectivity index (χ3v) is 3.26. The van der Waals surface area contributed by atoms with Crippen LogP contribution in [0.25, 0.3) is 0 Å². The molecule has 1 N–H and O–H groups in total. The van der Waals surface area contributed by atoms with E-state index in [2.05, 4.69) is 27.7 Å². The average molecular weight is 244 g/mol. The summed E-state index contributed by atoms with van der Waals surface area (Å²) >= 11 is 0. The molecule has 2 atom stereocenters. The average Bonchev–Trinajstić information content (AvgIpc) is 2.23. The van der Waals surface area contributed by atoms with Crippen LogP contribution >= 0.6 is 0 Å². The van der Waals surface area contributed by atoms with E-state index in [-0.39, 0.29) is 6.61 Å². The van der Waals surface area contributed by atoms with E-state index >= 15 is 0 Å². The van der Waals surface area contributed by atoms with Gasteiger partial charge in [0.2, 0.25) is 0 Å². The van der Waals surface area contributed by atoms with E-state index in [4.69, 9.17) is 9.84 Å². The van der Waals surface area contributed by atoms with Crippen molar-refractivity contribution in [3.63, 3.8) is 0 Å². The van der Waals surface area contributed by atoms with Crippen LogP contribution in [0.4, 0.5) is 0 Å². The Balaban J connectivity index is 3.34. The number of hydrogen-bond acceptors (Lipinski definition) is 2. The van der Waals surface area contributed by atoms with Crippen LogP contribution in [0.15, 0.2) is 0 Å². The van der Waals surface area contributed by atoms with Crippen molar-refractivity contribution in [2.75, 3.05) is 19.8 Å². The highest BCUT2D eigenvalue weighted by Crippen LogP contribution is 2.20. The van der Waals surface area contributed by atoms with E-state index in [1.165, 1.54) is 25.7 Å². The van der Waals surface area contributed by atoms with Gasteiger partial charge in [-0.2, -0.15) is 0 Å². The molecule has 0 aromatic heterocycles. The van der Waals surface area contributed by atoms with Crippen molar-refractivity contribution in [2.45, 2.75) is 59.8 Å². The maximum Gasteiger partial charge on any atom is 0.0697 e. The zero-order chi connectivity index (χ0) is 13.1. The zero-order valence-corrected chi connectivity index (χ0v) is 12.2. The summed E-state index contributed by atoms with van der Waals surface area (Å²) in [5.74, 6) is 2.45.